The Morgan fingerprint density at radius 3 is 2.89 bits per heavy atom. The predicted octanol–water partition coefficient (Wildman–Crippen LogP) is 2.09. The molecule has 0 aliphatic carbocycles. The van der Waals surface area contributed by atoms with Gasteiger partial charge in [0.05, 0.1) is 23.1 Å². The van der Waals surface area contributed by atoms with Crippen LogP contribution in [0.2, 0.25) is 0 Å². The molecule has 8 nitrogen and oxygen atoms in total. The molecule has 5 heterocycles. The van der Waals surface area contributed by atoms with Crippen LogP contribution >= 0.6 is 0 Å². The van der Waals surface area contributed by atoms with Crippen molar-refractivity contribution < 1.29 is 4.79 Å². The maximum atomic E-state index is 13.1. The van der Waals surface area contributed by atoms with Crippen molar-refractivity contribution in [2.45, 2.75) is 12.8 Å². The molecule has 3 aromatic heterocycles. The number of nitrogens with zero attached hydrogens (tertiary/aromatic N) is 7. The van der Waals surface area contributed by atoms with Gasteiger partial charge in [-0.15, -0.1) is 0 Å². The topological polar surface area (TPSA) is 88.6 Å². The van der Waals surface area contributed by atoms with E-state index < -0.39 is 0 Å². The predicted molar refractivity (Wildman–Crippen MR) is 105 cm³/mol. The van der Waals surface area contributed by atoms with E-state index in [2.05, 4.69) is 25.1 Å². The third kappa shape index (κ3) is 2.88. The average molecular weight is 371 g/mol. The van der Waals surface area contributed by atoms with Gasteiger partial charge in [-0.3, -0.25) is 19.7 Å². The highest BCUT2D eigenvalue weighted by molar-refractivity contribution is 6.08. The summed E-state index contributed by atoms with van der Waals surface area (Å²) in [5, 5.41) is 4.56. The van der Waals surface area contributed by atoms with Crippen LogP contribution in [0.25, 0.3) is 5.69 Å². The lowest BCUT2D eigenvalue weighted by atomic mass is 10.1. The van der Waals surface area contributed by atoms with Crippen molar-refractivity contribution in [3.63, 3.8) is 0 Å². The normalized spacial score (nSPS) is 16.1. The quantitative estimate of drug-likeness (QED) is 0.705. The SMILES string of the molecule is O=C1c2cn(-c3cccnc3)nc2CCN1c1cccc(C2=NCCC=N2)n1. The summed E-state index contributed by atoms with van der Waals surface area (Å²) in [4.78, 5) is 32.3. The highest BCUT2D eigenvalue weighted by Crippen LogP contribution is 2.24. The number of fused-ring (bicyclic) bond motifs is 1. The van der Waals surface area contributed by atoms with E-state index in [0.29, 0.717) is 42.4 Å². The number of amidine groups is 1. The number of carbonyl (C=O) groups is 1. The van der Waals surface area contributed by atoms with E-state index >= 15 is 0 Å². The van der Waals surface area contributed by atoms with E-state index in [-0.39, 0.29) is 5.91 Å². The number of hydrogen-bond donors (Lipinski definition) is 0. The summed E-state index contributed by atoms with van der Waals surface area (Å²) in [6.45, 7) is 1.24. The van der Waals surface area contributed by atoms with Crippen LogP contribution in [-0.2, 0) is 6.42 Å². The minimum Gasteiger partial charge on any atom is -0.292 e. The Bertz CT molecular complexity index is 1100. The summed E-state index contributed by atoms with van der Waals surface area (Å²) in [5.41, 5.74) is 2.89. The van der Waals surface area contributed by atoms with Gasteiger partial charge in [-0.05, 0) is 24.3 Å². The zero-order valence-electron chi connectivity index (χ0n) is 15.1. The van der Waals surface area contributed by atoms with E-state index in [1.54, 1.807) is 28.2 Å². The van der Waals surface area contributed by atoms with Crippen LogP contribution in [0.15, 0.2) is 58.9 Å². The van der Waals surface area contributed by atoms with Crippen LogP contribution in [0, 0.1) is 0 Å². The Morgan fingerprint density at radius 2 is 2.07 bits per heavy atom. The molecule has 0 fully saturated rings. The molecule has 0 N–H and O–H groups in total. The Hall–Kier alpha value is -3.68. The molecule has 0 bridgehead atoms. The van der Waals surface area contributed by atoms with Gasteiger partial charge in [-0.1, -0.05) is 6.07 Å². The first-order chi connectivity index (χ1) is 13.8. The first-order valence-corrected chi connectivity index (χ1v) is 9.15. The lowest BCUT2D eigenvalue weighted by molar-refractivity contribution is 0.0980. The maximum absolute atomic E-state index is 13.1. The second kappa shape index (κ2) is 6.80. The zero-order valence-corrected chi connectivity index (χ0v) is 15.1. The number of pyridine rings is 2. The second-order valence-corrected chi connectivity index (χ2v) is 6.54. The van der Waals surface area contributed by atoms with Gasteiger partial charge in [0.25, 0.3) is 5.91 Å². The fraction of sp³-hybridized carbons (Fsp3) is 0.200. The molecule has 8 heteroatoms. The van der Waals surface area contributed by atoms with Gasteiger partial charge < -0.3 is 0 Å². The molecule has 0 spiro atoms. The maximum Gasteiger partial charge on any atom is 0.262 e. The molecule has 138 valence electrons. The largest absolute Gasteiger partial charge is 0.292 e. The van der Waals surface area contributed by atoms with Crippen molar-refractivity contribution in [1.82, 2.24) is 19.7 Å². The van der Waals surface area contributed by atoms with Crippen LogP contribution in [0.5, 0.6) is 0 Å². The Balaban J connectivity index is 1.46. The van der Waals surface area contributed by atoms with Gasteiger partial charge in [-0.2, -0.15) is 5.10 Å². The van der Waals surface area contributed by atoms with Gasteiger partial charge in [-0.25, -0.2) is 14.7 Å². The third-order valence-corrected chi connectivity index (χ3v) is 4.72. The molecule has 28 heavy (non-hydrogen) atoms. The Morgan fingerprint density at radius 1 is 1.11 bits per heavy atom. The first-order valence-electron chi connectivity index (χ1n) is 9.15. The first kappa shape index (κ1) is 16.5. The van der Waals surface area contributed by atoms with Gasteiger partial charge >= 0.3 is 0 Å². The van der Waals surface area contributed by atoms with Crippen LogP contribution in [0.1, 0.15) is 28.2 Å². The van der Waals surface area contributed by atoms with Crippen molar-refractivity contribution in [1.29, 1.82) is 0 Å². The van der Waals surface area contributed by atoms with Crippen LogP contribution in [0.3, 0.4) is 0 Å². The van der Waals surface area contributed by atoms with E-state index in [1.165, 1.54) is 0 Å². The van der Waals surface area contributed by atoms with Crippen molar-refractivity contribution >= 4 is 23.8 Å². The Kier molecular flexibility index (Phi) is 4.01. The molecule has 0 radical (unpaired) electrons. The number of rotatable bonds is 3. The van der Waals surface area contributed by atoms with Crippen molar-refractivity contribution in [2.24, 2.45) is 9.98 Å². The molecule has 3 aromatic rings. The van der Waals surface area contributed by atoms with E-state index in [9.17, 15) is 4.79 Å². The van der Waals surface area contributed by atoms with Crippen LogP contribution in [0.4, 0.5) is 5.82 Å². The smallest absolute Gasteiger partial charge is 0.262 e. The highest BCUT2D eigenvalue weighted by atomic mass is 16.2. The number of carbonyl (C=O) groups excluding carboxylic acids is 1. The number of anilines is 1. The molecular weight excluding hydrogens is 354 g/mol. The van der Waals surface area contributed by atoms with Crippen molar-refractivity contribution in [3.05, 3.63) is 65.9 Å². The number of aromatic nitrogens is 4. The van der Waals surface area contributed by atoms with Gasteiger partial charge in [0.1, 0.15) is 11.5 Å². The molecule has 2 aliphatic heterocycles. The van der Waals surface area contributed by atoms with Crippen molar-refractivity contribution in [2.75, 3.05) is 18.0 Å². The molecule has 5 rings (SSSR count). The van der Waals surface area contributed by atoms with E-state index in [4.69, 9.17) is 0 Å². The average Bonchev–Trinajstić information content (AvgIpc) is 3.21. The standard InChI is InChI=1S/C20H17N7O/c28-20-15-13-27(14-4-2-8-21-12-14)25-16(15)7-11-26(20)18-6-1-5-17(24-18)19-22-9-3-10-23-19/h1-2,4-6,8-9,12-13H,3,7,10-11H2. The monoisotopic (exact) mass is 371 g/mol. The minimum absolute atomic E-state index is 0.102. The molecular formula is C20H17N7O. The molecule has 0 unspecified atom stereocenters. The van der Waals surface area contributed by atoms with E-state index in [1.807, 2.05) is 36.5 Å². The fourth-order valence-corrected chi connectivity index (χ4v) is 3.34. The summed E-state index contributed by atoms with van der Waals surface area (Å²) >= 11 is 0. The van der Waals surface area contributed by atoms with Gasteiger partial charge in [0.2, 0.25) is 0 Å². The Labute approximate surface area is 161 Å². The minimum atomic E-state index is -0.102. The number of hydrogen-bond acceptors (Lipinski definition) is 6. The second-order valence-electron chi connectivity index (χ2n) is 6.54. The summed E-state index contributed by atoms with van der Waals surface area (Å²) < 4.78 is 1.70. The molecule has 2 aliphatic rings. The fourth-order valence-electron chi connectivity index (χ4n) is 3.34. The number of aliphatic imine (C=N–C) groups is 2. The summed E-state index contributed by atoms with van der Waals surface area (Å²) in [6, 6.07) is 9.34. The summed E-state index contributed by atoms with van der Waals surface area (Å²) in [7, 11) is 0. The van der Waals surface area contributed by atoms with Crippen LogP contribution < -0.4 is 4.90 Å². The van der Waals surface area contributed by atoms with Crippen molar-refractivity contribution in [3.8, 4) is 5.69 Å². The van der Waals surface area contributed by atoms with E-state index in [0.717, 1.165) is 17.8 Å². The molecule has 0 saturated heterocycles. The highest BCUT2D eigenvalue weighted by Gasteiger charge is 2.29. The molecule has 0 atom stereocenters. The lowest BCUT2D eigenvalue weighted by Gasteiger charge is -2.25. The molecule has 1 amide bonds. The third-order valence-electron chi connectivity index (χ3n) is 4.72. The number of amides is 1. The zero-order chi connectivity index (χ0) is 18.9. The molecule has 0 saturated carbocycles. The van der Waals surface area contributed by atoms with Crippen LogP contribution in [-0.4, -0.2) is 50.8 Å². The van der Waals surface area contributed by atoms with Gasteiger partial charge in [0.15, 0.2) is 5.84 Å². The molecule has 0 aromatic carbocycles. The lowest BCUT2D eigenvalue weighted by Crippen LogP contribution is -2.38. The summed E-state index contributed by atoms with van der Waals surface area (Å²) in [6.07, 6.45) is 8.55. The van der Waals surface area contributed by atoms with Gasteiger partial charge in [0, 0.05) is 44.5 Å². The summed E-state index contributed by atoms with van der Waals surface area (Å²) in [5.74, 6) is 1.11.